The van der Waals surface area contributed by atoms with Crippen LogP contribution in [0.3, 0.4) is 0 Å². The first kappa shape index (κ1) is 11.1. The number of nitrogens with zero attached hydrogens (tertiary/aromatic N) is 1. The highest BCUT2D eigenvalue weighted by molar-refractivity contribution is 5.81. The number of hydrogen-bond donors (Lipinski definition) is 1. The summed E-state index contributed by atoms with van der Waals surface area (Å²) in [7, 11) is 0. The maximum Gasteiger partial charge on any atom is 0.228 e. The molecule has 1 aliphatic heterocycles. The van der Waals surface area contributed by atoms with Gasteiger partial charge >= 0.3 is 0 Å². The molecule has 0 spiro atoms. The van der Waals surface area contributed by atoms with Crippen molar-refractivity contribution in [2.75, 3.05) is 19.6 Å². The van der Waals surface area contributed by atoms with Crippen LogP contribution in [0.25, 0.3) is 0 Å². The Morgan fingerprint density at radius 1 is 1.43 bits per heavy atom. The van der Waals surface area contributed by atoms with E-state index < -0.39 is 0 Å². The number of nitrogens with one attached hydrogen (secondary N) is 1. The van der Waals surface area contributed by atoms with Crippen molar-refractivity contribution < 1.29 is 4.79 Å². The third-order valence-electron chi connectivity index (χ3n) is 2.37. The van der Waals surface area contributed by atoms with Crippen molar-refractivity contribution in [3.05, 3.63) is 12.3 Å². The topological polar surface area (TPSA) is 32.3 Å². The minimum absolute atomic E-state index is 0.231. The van der Waals surface area contributed by atoms with Gasteiger partial charge in [0, 0.05) is 37.2 Å². The molecule has 0 unspecified atom stereocenters. The van der Waals surface area contributed by atoms with E-state index in [0.29, 0.717) is 0 Å². The Morgan fingerprint density at radius 2 is 2.07 bits per heavy atom. The number of carbonyl (C=O) groups is 1. The summed E-state index contributed by atoms with van der Waals surface area (Å²) in [5, 5.41) is 3.19. The Balaban J connectivity index is 2.60. The molecular weight excluding hydrogens is 176 g/mol. The van der Waals surface area contributed by atoms with Gasteiger partial charge in [0.15, 0.2) is 0 Å². The van der Waals surface area contributed by atoms with Gasteiger partial charge in [-0.3, -0.25) is 4.79 Å². The van der Waals surface area contributed by atoms with E-state index >= 15 is 0 Å². The fraction of sp³-hybridized carbons (Fsp3) is 0.727. The molecular formula is C11H20N2O. The van der Waals surface area contributed by atoms with Crippen LogP contribution in [0.4, 0.5) is 0 Å². The molecule has 1 amide bonds. The fourth-order valence-corrected chi connectivity index (χ4v) is 1.52. The van der Waals surface area contributed by atoms with Gasteiger partial charge < -0.3 is 10.2 Å². The molecule has 1 rings (SSSR count). The summed E-state index contributed by atoms with van der Waals surface area (Å²) in [6.07, 6.45) is 0.863. The van der Waals surface area contributed by atoms with E-state index in [1.807, 2.05) is 25.7 Å². The summed E-state index contributed by atoms with van der Waals surface area (Å²) < 4.78 is 0. The van der Waals surface area contributed by atoms with Crippen LogP contribution < -0.4 is 5.32 Å². The molecule has 3 heteroatoms. The van der Waals surface area contributed by atoms with E-state index in [9.17, 15) is 4.79 Å². The van der Waals surface area contributed by atoms with Crippen molar-refractivity contribution >= 4 is 5.91 Å². The lowest BCUT2D eigenvalue weighted by molar-refractivity contribution is -0.139. The van der Waals surface area contributed by atoms with E-state index in [-0.39, 0.29) is 11.3 Å². The lowest BCUT2D eigenvalue weighted by Gasteiger charge is -2.27. The molecule has 0 atom stereocenters. The van der Waals surface area contributed by atoms with E-state index in [2.05, 4.69) is 11.9 Å². The zero-order valence-electron chi connectivity index (χ0n) is 9.39. The number of carbonyl (C=O) groups excluding carboxylic acids is 1. The lowest BCUT2D eigenvalue weighted by Crippen LogP contribution is -2.41. The maximum absolute atomic E-state index is 11.9. The lowest BCUT2D eigenvalue weighted by atomic mass is 9.94. The third-order valence-corrected chi connectivity index (χ3v) is 2.37. The van der Waals surface area contributed by atoms with Crippen LogP contribution >= 0.6 is 0 Å². The molecule has 0 saturated carbocycles. The minimum atomic E-state index is -0.272. The summed E-state index contributed by atoms with van der Waals surface area (Å²) >= 11 is 0. The molecule has 0 radical (unpaired) electrons. The second kappa shape index (κ2) is 4.03. The second-order valence-electron chi connectivity index (χ2n) is 4.82. The molecule has 0 aromatic heterocycles. The Labute approximate surface area is 86.2 Å². The normalized spacial score (nSPS) is 18.8. The Bertz CT molecular complexity index is 240. The Kier molecular flexibility index (Phi) is 3.19. The maximum atomic E-state index is 11.9. The largest absolute Gasteiger partial charge is 0.387 e. The standard InChI is InChI=1S/C11H20N2O/c1-9-5-7-13(8-6-12-9)10(14)11(2,3)4/h12H,1,5-8H2,2-4H3. The van der Waals surface area contributed by atoms with Gasteiger partial charge in [0.1, 0.15) is 0 Å². The molecule has 1 fully saturated rings. The van der Waals surface area contributed by atoms with Gasteiger partial charge in [-0.05, 0) is 0 Å². The molecule has 0 bridgehead atoms. The van der Waals surface area contributed by atoms with Gasteiger partial charge in [-0.25, -0.2) is 0 Å². The summed E-state index contributed by atoms with van der Waals surface area (Å²) in [5.74, 6) is 0.231. The minimum Gasteiger partial charge on any atom is -0.387 e. The van der Waals surface area contributed by atoms with Crippen molar-refractivity contribution in [2.24, 2.45) is 5.41 Å². The van der Waals surface area contributed by atoms with Crippen molar-refractivity contribution in [3.8, 4) is 0 Å². The Hall–Kier alpha value is -0.990. The molecule has 80 valence electrons. The van der Waals surface area contributed by atoms with Crippen LogP contribution in [0.2, 0.25) is 0 Å². The number of hydrogen-bond acceptors (Lipinski definition) is 2. The smallest absolute Gasteiger partial charge is 0.228 e. The van der Waals surface area contributed by atoms with Gasteiger partial charge in [-0.2, -0.15) is 0 Å². The molecule has 1 aliphatic rings. The van der Waals surface area contributed by atoms with E-state index in [4.69, 9.17) is 0 Å². The van der Waals surface area contributed by atoms with E-state index in [0.717, 1.165) is 31.8 Å². The van der Waals surface area contributed by atoms with Crippen LogP contribution in [0.1, 0.15) is 27.2 Å². The molecule has 1 heterocycles. The van der Waals surface area contributed by atoms with Crippen LogP contribution in [0.5, 0.6) is 0 Å². The quantitative estimate of drug-likeness (QED) is 0.634. The first-order valence-corrected chi connectivity index (χ1v) is 5.12. The SMILES string of the molecule is C=C1CCN(C(=O)C(C)(C)C)CCN1. The molecule has 0 aromatic rings. The molecule has 1 saturated heterocycles. The summed E-state index contributed by atoms with van der Waals surface area (Å²) in [6, 6.07) is 0. The third kappa shape index (κ3) is 2.76. The van der Waals surface area contributed by atoms with Gasteiger partial charge in [0.2, 0.25) is 5.91 Å². The van der Waals surface area contributed by atoms with Crippen LogP contribution in [-0.4, -0.2) is 30.4 Å². The highest BCUT2D eigenvalue weighted by Crippen LogP contribution is 2.18. The molecule has 0 aliphatic carbocycles. The molecule has 3 nitrogen and oxygen atoms in total. The highest BCUT2D eigenvalue weighted by atomic mass is 16.2. The number of amides is 1. The fourth-order valence-electron chi connectivity index (χ4n) is 1.52. The first-order chi connectivity index (χ1) is 6.41. The predicted molar refractivity (Wildman–Crippen MR) is 57.8 cm³/mol. The van der Waals surface area contributed by atoms with Gasteiger partial charge in [0.25, 0.3) is 0 Å². The van der Waals surface area contributed by atoms with Crippen molar-refractivity contribution in [1.29, 1.82) is 0 Å². The average Bonchev–Trinajstić information content (AvgIpc) is 2.27. The summed E-state index contributed by atoms with van der Waals surface area (Å²) in [6.45, 7) is 12.2. The molecule has 1 N–H and O–H groups in total. The van der Waals surface area contributed by atoms with E-state index in [1.54, 1.807) is 0 Å². The Morgan fingerprint density at radius 3 is 2.64 bits per heavy atom. The monoisotopic (exact) mass is 196 g/mol. The highest BCUT2D eigenvalue weighted by Gasteiger charge is 2.27. The van der Waals surface area contributed by atoms with Gasteiger partial charge in [0.05, 0.1) is 0 Å². The van der Waals surface area contributed by atoms with Crippen molar-refractivity contribution in [3.63, 3.8) is 0 Å². The van der Waals surface area contributed by atoms with E-state index in [1.165, 1.54) is 0 Å². The van der Waals surface area contributed by atoms with Crippen LogP contribution in [-0.2, 0) is 4.79 Å². The van der Waals surface area contributed by atoms with Crippen LogP contribution in [0, 0.1) is 5.41 Å². The average molecular weight is 196 g/mol. The predicted octanol–water partition coefficient (Wildman–Crippen LogP) is 1.37. The van der Waals surface area contributed by atoms with Gasteiger partial charge in [-0.1, -0.05) is 27.4 Å². The molecule has 0 aromatic carbocycles. The zero-order chi connectivity index (χ0) is 10.8. The summed E-state index contributed by atoms with van der Waals surface area (Å²) in [5.41, 5.74) is 0.764. The molecule has 14 heavy (non-hydrogen) atoms. The van der Waals surface area contributed by atoms with Crippen molar-refractivity contribution in [2.45, 2.75) is 27.2 Å². The second-order valence-corrected chi connectivity index (χ2v) is 4.82. The zero-order valence-corrected chi connectivity index (χ0v) is 9.39. The number of rotatable bonds is 0. The summed E-state index contributed by atoms with van der Waals surface area (Å²) in [4.78, 5) is 13.9. The van der Waals surface area contributed by atoms with Crippen LogP contribution in [0.15, 0.2) is 12.3 Å². The van der Waals surface area contributed by atoms with Crippen molar-refractivity contribution in [1.82, 2.24) is 10.2 Å². The van der Waals surface area contributed by atoms with Gasteiger partial charge in [-0.15, -0.1) is 0 Å². The first-order valence-electron chi connectivity index (χ1n) is 5.12.